The molecule has 2 rings (SSSR count). The molecule has 0 spiro atoms. The minimum atomic E-state index is 0.462. The molecule has 1 aromatic rings. The lowest BCUT2D eigenvalue weighted by Gasteiger charge is -2.28. The summed E-state index contributed by atoms with van der Waals surface area (Å²) in [5, 5.41) is 3.60. The summed E-state index contributed by atoms with van der Waals surface area (Å²) in [4.78, 5) is 0. The number of ether oxygens (including phenoxy) is 2. The predicted octanol–water partition coefficient (Wildman–Crippen LogP) is 3.47. The van der Waals surface area contributed by atoms with E-state index in [2.05, 4.69) is 24.4 Å². The summed E-state index contributed by atoms with van der Waals surface area (Å²) in [6, 6.07) is 4.81. The van der Waals surface area contributed by atoms with Crippen molar-refractivity contribution in [1.29, 1.82) is 0 Å². The van der Waals surface area contributed by atoms with Crippen LogP contribution in [-0.4, -0.2) is 19.8 Å². The van der Waals surface area contributed by atoms with Crippen LogP contribution in [-0.2, 0) is 6.42 Å². The van der Waals surface area contributed by atoms with Gasteiger partial charge in [0, 0.05) is 6.04 Å². The van der Waals surface area contributed by atoms with Gasteiger partial charge in [-0.05, 0) is 56.5 Å². The highest BCUT2D eigenvalue weighted by Gasteiger charge is 2.22. The molecule has 1 N–H and O–H groups in total. The van der Waals surface area contributed by atoms with Crippen LogP contribution in [0.1, 0.15) is 50.8 Å². The van der Waals surface area contributed by atoms with E-state index in [1.165, 1.54) is 24.0 Å². The predicted molar refractivity (Wildman–Crippen MR) is 78.1 cm³/mol. The zero-order chi connectivity index (χ0) is 13.7. The Hall–Kier alpha value is -1.22. The summed E-state index contributed by atoms with van der Waals surface area (Å²) >= 11 is 0. The normalized spacial score (nSPS) is 17.9. The molecule has 0 fully saturated rings. The number of benzene rings is 1. The number of rotatable bonds is 6. The van der Waals surface area contributed by atoms with Gasteiger partial charge in [0.05, 0.1) is 13.2 Å². The molecule has 19 heavy (non-hydrogen) atoms. The Kier molecular flexibility index (Phi) is 5.08. The van der Waals surface area contributed by atoms with Gasteiger partial charge in [0.15, 0.2) is 11.5 Å². The van der Waals surface area contributed by atoms with Crippen molar-refractivity contribution in [2.45, 2.75) is 46.1 Å². The summed E-state index contributed by atoms with van der Waals surface area (Å²) < 4.78 is 11.4. The van der Waals surface area contributed by atoms with Crippen LogP contribution in [0, 0.1) is 0 Å². The molecule has 1 unspecified atom stereocenters. The van der Waals surface area contributed by atoms with Gasteiger partial charge in [0.25, 0.3) is 0 Å². The van der Waals surface area contributed by atoms with Crippen molar-refractivity contribution in [2.75, 3.05) is 19.8 Å². The van der Waals surface area contributed by atoms with Crippen LogP contribution in [0.4, 0.5) is 0 Å². The molecule has 0 aliphatic carbocycles. The summed E-state index contributed by atoms with van der Waals surface area (Å²) in [6.45, 7) is 8.65. The van der Waals surface area contributed by atoms with Gasteiger partial charge in [0.1, 0.15) is 0 Å². The van der Waals surface area contributed by atoms with Crippen LogP contribution >= 0.6 is 0 Å². The molecule has 0 saturated heterocycles. The molecule has 0 aromatic heterocycles. The van der Waals surface area contributed by atoms with Crippen molar-refractivity contribution in [2.24, 2.45) is 0 Å². The third-order valence-corrected chi connectivity index (χ3v) is 3.54. The molecule has 106 valence electrons. The van der Waals surface area contributed by atoms with Gasteiger partial charge in [-0.3, -0.25) is 0 Å². The fourth-order valence-corrected chi connectivity index (χ4v) is 2.73. The zero-order valence-electron chi connectivity index (χ0n) is 12.3. The minimum absolute atomic E-state index is 0.462. The van der Waals surface area contributed by atoms with E-state index in [9.17, 15) is 0 Å². The molecular weight excluding hydrogens is 238 g/mol. The molecule has 1 aliphatic rings. The first-order valence-corrected chi connectivity index (χ1v) is 7.45. The maximum absolute atomic E-state index is 5.73. The fourth-order valence-electron chi connectivity index (χ4n) is 2.73. The van der Waals surface area contributed by atoms with Crippen LogP contribution in [0.5, 0.6) is 11.5 Å². The summed E-state index contributed by atoms with van der Waals surface area (Å²) in [7, 11) is 0. The van der Waals surface area contributed by atoms with Gasteiger partial charge in [-0.25, -0.2) is 0 Å². The number of hydrogen-bond donors (Lipinski definition) is 1. The van der Waals surface area contributed by atoms with E-state index >= 15 is 0 Å². The number of fused-ring (bicyclic) bond motifs is 1. The molecule has 1 heterocycles. The molecule has 0 amide bonds. The summed E-state index contributed by atoms with van der Waals surface area (Å²) in [6.07, 6.45) is 3.43. The monoisotopic (exact) mass is 263 g/mol. The lowest BCUT2D eigenvalue weighted by atomic mass is 9.91. The highest BCUT2D eigenvalue weighted by molar-refractivity contribution is 5.49. The maximum atomic E-state index is 5.73. The summed E-state index contributed by atoms with van der Waals surface area (Å²) in [5.41, 5.74) is 2.80. The topological polar surface area (TPSA) is 30.5 Å². The van der Waals surface area contributed by atoms with Crippen molar-refractivity contribution >= 4 is 0 Å². The van der Waals surface area contributed by atoms with Crippen LogP contribution in [0.3, 0.4) is 0 Å². The van der Waals surface area contributed by atoms with Gasteiger partial charge >= 0.3 is 0 Å². The molecule has 3 heteroatoms. The smallest absolute Gasteiger partial charge is 0.161 e. The lowest BCUT2D eigenvalue weighted by Crippen LogP contribution is -2.29. The number of hydrogen-bond acceptors (Lipinski definition) is 3. The second-order valence-corrected chi connectivity index (χ2v) is 4.91. The van der Waals surface area contributed by atoms with Gasteiger partial charge in [0.2, 0.25) is 0 Å². The van der Waals surface area contributed by atoms with E-state index in [1.54, 1.807) is 0 Å². The SMILES string of the molecule is CCCC1NCCc2cc(OCC)c(OCC)cc21. The molecule has 0 saturated carbocycles. The first kappa shape index (κ1) is 14.2. The van der Waals surface area contributed by atoms with Crippen molar-refractivity contribution in [3.8, 4) is 11.5 Å². The minimum Gasteiger partial charge on any atom is -0.490 e. The fraction of sp³-hybridized carbons (Fsp3) is 0.625. The third-order valence-electron chi connectivity index (χ3n) is 3.54. The average Bonchev–Trinajstić information content (AvgIpc) is 2.41. The van der Waals surface area contributed by atoms with Gasteiger partial charge in [-0.2, -0.15) is 0 Å². The molecule has 0 bridgehead atoms. The van der Waals surface area contributed by atoms with Gasteiger partial charge in [-0.15, -0.1) is 0 Å². The van der Waals surface area contributed by atoms with E-state index in [1.807, 2.05) is 13.8 Å². The molecule has 0 radical (unpaired) electrons. The number of nitrogens with one attached hydrogen (secondary N) is 1. The van der Waals surface area contributed by atoms with Crippen molar-refractivity contribution < 1.29 is 9.47 Å². The molecule has 3 nitrogen and oxygen atoms in total. The van der Waals surface area contributed by atoms with Crippen molar-refractivity contribution in [3.05, 3.63) is 23.3 Å². The van der Waals surface area contributed by atoms with Gasteiger partial charge in [-0.1, -0.05) is 13.3 Å². The Bertz CT molecular complexity index is 417. The van der Waals surface area contributed by atoms with Gasteiger partial charge < -0.3 is 14.8 Å². The Morgan fingerprint density at radius 2 is 1.79 bits per heavy atom. The largest absolute Gasteiger partial charge is 0.490 e. The maximum Gasteiger partial charge on any atom is 0.161 e. The van der Waals surface area contributed by atoms with Crippen molar-refractivity contribution in [1.82, 2.24) is 5.32 Å². The first-order chi connectivity index (χ1) is 9.30. The lowest BCUT2D eigenvalue weighted by molar-refractivity contribution is 0.286. The van der Waals surface area contributed by atoms with Crippen LogP contribution in [0.25, 0.3) is 0 Å². The second kappa shape index (κ2) is 6.80. The highest BCUT2D eigenvalue weighted by atomic mass is 16.5. The van der Waals surface area contributed by atoms with E-state index in [0.29, 0.717) is 19.3 Å². The van der Waals surface area contributed by atoms with E-state index < -0.39 is 0 Å². The standard InChI is InChI=1S/C16H25NO2/c1-4-7-14-13-11-16(19-6-3)15(18-5-2)10-12(13)8-9-17-14/h10-11,14,17H,4-9H2,1-3H3. The summed E-state index contributed by atoms with van der Waals surface area (Å²) in [5.74, 6) is 1.77. The third kappa shape index (κ3) is 3.21. The van der Waals surface area contributed by atoms with Crippen LogP contribution < -0.4 is 14.8 Å². The van der Waals surface area contributed by atoms with Crippen LogP contribution in [0.2, 0.25) is 0 Å². The average molecular weight is 263 g/mol. The highest BCUT2D eigenvalue weighted by Crippen LogP contribution is 2.36. The van der Waals surface area contributed by atoms with Crippen molar-refractivity contribution in [3.63, 3.8) is 0 Å². The molecule has 1 aromatic carbocycles. The molecule has 1 aliphatic heterocycles. The zero-order valence-corrected chi connectivity index (χ0v) is 12.3. The molecule has 1 atom stereocenters. The van der Waals surface area contributed by atoms with E-state index in [0.717, 1.165) is 24.5 Å². The van der Waals surface area contributed by atoms with Crippen LogP contribution in [0.15, 0.2) is 12.1 Å². The Morgan fingerprint density at radius 3 is 2.42 bits per heavy atom. The molecular formula is C16H25NO2. The Morgan fingerprint density at radius 1 is 1.11 bits per heavy atom. The Balaban J connectivity index is 2.35. The van der Waals surface area contributed by atoms with E-state index in [-0.39, 0.29) is 0 Å². The quantitative estimate of drug-likeness (QED) is 0.852. The van der Waals surface area contributed by atoms with E-state index in [4.69, 9.17) is 9.47 Å². The first-order valence-electron chi connectivity index (χ1n) is 7.45. The Labute approximate surface area is 116 Å². The second-order valence-electron chi connectivity index (χ2n) is 4.91.